The van der Waals surface area contributed by atoms with Gasteiger partial charge in [-0.2, -0.15) is 0 Å². The van der Waals surface area contributed by atoms with Crippen LogP contribution in [0.4, 0.5) is 0 Å². The Kier molecular flexibility index (Phi) is 3.98. The Morgan fingerprint density at radius 3 is 2.08 bits per heavy atom. The standard InChI is InChI=1S/C22H38O3/c1-18-9-6-10-22(18,23)17-8-12-19(2)15-21(24-4,25-5)14-13-20(19,3)16(17)7-11-18/h16-17,23H,6-15H2,1-5H3/t16-,17-,18+,19-,20-,22+/m0/s1. The van der Waals surface area contributed by atoms with Crippen molar-refractivity contribution in [2.75, 3.05) is 14.2 Å². The summed E-state index contributed by atoms with van der Waals surface area (Å²) in [6.07, 6.45) is 11.4. The van der Waals surface area contributed by atoms with E-state index in [1.807, 2.05) is 0 Å². The summed E-state index contributed by atoms with van der Waals surface area (Å²) in [4.78, 5) is 0. The molecule has 3 nitrogen and oxygen atoms in total. The molecule has 1 N–H and O–H groups in total. The van der Waals surface area contributed by atoms with Crippen LogP contribution in [0.1, 0.15) is 85.0 Å². The van der Waals surface area contributed by atoms with Crippen LogP contribution in [0.5, 0.6) is 0 Å². The molecule has 0 heterocycles. The summed E-state index contributed by atoms with van der Waals surface area (Å²) in [5, 5.41) is 11.8. The van der Waals surface area contributed by atoms with Crippen molar-refractivity contribution in [2.24, 2.45) is 28.1 Å². The first-order valence-electron chi connectivity index (χ1n) is 10.5. The van der Waals surface area contributed by atoms with E-state index in [9.17, 15) is 5.11 Å². The topological polar surface area (TPSA) is 38.7 Å². The molecule has 4 saturated carbocycles. The highest BCUT2D eigenvalue weighted by molar-refractivity contribution is 5.17. The fourth-order valence-electron chi connectivity index (χ4n) is 8.00. The van der Waals surface area contributed by atoms with Crippen molar-refractivity contribution in [1.29, 1.82) is 0 Å². The highest BCUT2D eigenvalue weighted by atomic mass is 16.7. The Morgan fingerprint density at radius 1 is 0.760 bits per heavy atom. The molecule has 4 aliphatic carbocycles. The Bertz CT molecular complexity index is 543. The minimum absolute atomic E-state index is 0.162. The average molecular weight is 351 g/mol. The van der Waals surface area contributed by atoms with Crippen molar-refractivity contribution in [1.82, 2.24) is 0 Å². The van der Waals surface area contributed by atoms with Gasteiger partial charge in [-0.15, -0.1) is 0 Å². The van der Waals surface area contributed by atoms with Crippen molar-refractivity contribution in [3.63, 3.8) is 0 Å². The molecule has 3 heteroatoms. The maximum atomic E-state index is 11.8. The van der Waals surface area contributed by atoms with Crippen LogP contribution < -0.4 is 0 Å². The first kappa shape index (κ1) is 18.3. The van der Waals surface area contributed by atoms with Gasteiger partial charge in [-0.25, -0.2) is 0 Å². The summed E-state index contributed by atoms with van der Waals surface area (Å²) in [6.45, 7) is 7.37. The van der Waals surface area contributed by atoms with E-state index in [0.29, 0.717) is 11.8 Å². The average Bonchev–Trinajstić information content (AvgIpc) is 2.90. The zero-order valence-electron chi connectivity index (χ0n) is 17.0. The van der Waals surface area contributed by atoms with Gasteiger partial charge in [0.25, 0.3) is 0 Å². The van der Waals surface area contributed by atoms with Crippen LogP contribution in [0.2, 0.25) is 0 Å². The molecule has 25 heavy (non-hydrogen) atoms. The van der Waals surface area contributed by atoms with E-state index in [0.717, 1.165) is 25.7 Å². The van der Waals surface area contributed by atoms with E-state index in [1.54, 1.807) is 14.2 Å². The minimum Gasteiger partial charge on any atom is -0.389 e. The molecule has 0 radical (unpaired) electrons. The van der Waals surface area contributed by atoms with Crippen LogP contribution in [0.15, 0.2) is 0 Å². The number of aliphatic hydroxyl groups is 1. The van der Waals surface area contributed by atoms with Gasteiger partial charge in [0.2, 0.25) is 0 Å². The van der Waals surface area contributed by atoms with Crippen LogP contribution in [0, 0.1) is 28.1 Å². The summed E-state index contributed by atoms with van der Waals surface area (Å²) < 4.78 is 11.7. The third-order valence-electron chi connectivity index (χ3n) is 10.1. The van der Waals surface area contributed by atoms with Crippen molar-refractivity contribution in [3.05, 3.63) is 0 Å². The largest absolute Gasteiger partial charge is 0.389 e. The van der Waals surface area contributed by atoms with Gasteiger partial charge in [0.1, 0.15) is 0 Å². The number of fused-ring (bicyclic) bond motifs is 5. The van der Waals surface area contributed by atoms with Crippen LogP contribution in [0.25, 0.3) is 0 Å². The van der Waals surface area contributed by atoms with Crippen LogP contribution in [0.3, 0.4) is 0 Å². The molecular formula is C22H38O3. The van der Waals surface area contributed by atoms with Crippen molar-refractivity contribution in [2.45, 2.75) is 96.4 Å². The van der Waals surface area contributed by atoms with Crippen LogP contribution in [-0.4, -0.2) is 30.7 Å². The summed E-state index contributed by atoms with van der Waals surface area (Å²) >= 11 is 0. The quantitative estimate of drug-likeness (QED) is 0.719. The van der Waals surface area contributed by atoms with Gasteiger partial charge in [-0.05, 0) is 79.4 Å². The second-order valence-electron chi connectivity index (χ2n) is 10.6. The lowest BCUT2D eigenvalue weighted by atomic mass is 9.39. The summed E-state index contributed by atoms with van der Waals surface area (Å²) in [5.41, 5.74) is 0.268. The number of methoxy groups -OCH3 is 2. The Labute approximate surface area is 153 Å². The van der Waals surface area contributed by atoms with Crippen molar-refractivity contribution >= 4 is 0 Å². The number of hydrogen-bond donors (Lipinski definition) is 1. The lowest BCUT2D eigenvalue weighted by Crippen LogP contribution is -2.65. The fraction of sp³-hybridized carbons (Fsp3) is 1.00. The van der Waals surface area contributed by atoms with Gasteiger partial charge >= 0.3 is 0 Å². The molecule has 0 aliphatic heterocycles. The summed E-state index contributed by atoms with van der Waals surface area (Å²) in [5.74, 6) is 0.729. The molecule has 144 valence electrons. The number of hydrogen-bond acceptors (Lipinski definition) is 3. The summed E-state index contributed by atoms with van der Waals surface area (Å²) in [7, 11) is 3.60. The first-order valence-corrected chi connectivity index (χ1v) is 10.5. The molecule has 0 spiro atoms. The SMILES string of the molecule is COC1(OC)CC[C@@]2(C)[C@H]3CC[C@@]4(C)CCC[C@@]4(O)[C@H]3CC[C@@]2(C)C1. The first-order chi connectivity index (χ1) is 11.7. The van der Waals surface area contributed by atoms with Gasteiger partial charge in [-0.3, -0.25) is 0 Å². The van der Waals surface area contributed by atoms with Crippen LogP contribution >= 0.6 is 0 Å². The third-order valence-corrected chi connectivity index (χ3v) is 10.1. The molecule has 4 fully saturated rings. The maximum Gasteiger partial charge on any atom is 0.168 e. The predicted octanol–water partition coefficient (Wildman–Crippen LogP) is 4.91. The van der Waals surface area contributed by atoms with E-state index >= 15 is 0 Å². The molecule has 0 aromatic carbocycles. The zero-order valence-corrected chi connectivity index (χ0v) is 17.0. The second kappa shape index (κ2) is 5.45. The predicted molar refractivity (Wildman–Crippen MR) is 99.2 cm³/mol. The number of rotatable bonds is 2. The molecule has 0 aromatic rings. The Hall–Kier alpha value is -0.120. The van der Waals surface area contributed by atoms with Gasteiger partial charge in [0.15, 0.2) is 5.79 Å². The maximum absolute atomic E-state index is 11.8. The fourth-order valence-corrected chi connectivity index (χ4v) is 8.00. The van der Waals surface area contributed by atoms with E-state index in [1.165, 1.54) is 38.5 Å². The van der Waals surface area contributed by atoms with Gasteiger partial charge in [0, 0.05) is 27.1 Å². The van der Waals surface area contributed by atoms with E-state index in [4.69, 9.17) is 9.47 Å². The molecule has 0 amide bonds. The lowest BCUT2D eigenvalue weighted by molar-refractivity contribution is -0.292. The molecule has 4 rings (SSSR count). The molecule has 4 aliphatic rings. The monoisotopic (exact) mass is 350 g/mol. The van der Waals surface area contributed by atoms with Gasteiger partial charge < -0.3 is 14.6 Å². The molecule has 0 bridgehead atoms. The molecule has 6 atom stereocenters. The molecule has 0 saturated heterocycles. The van der Waals surface area contributed by atoms with E-state index in [2.05, 4.69) is 20.8 Å². The molecular weight excluding hydrogens is 312 g/mol. The molecule has 0 aromatic heterocycles. The highest BCUT2D eigenvalue weighted by Gasteiger charge is 2.68. The van der Waals surface area contributed by atoms with E-state index < -0.39 is 11.4 Å². The van der Waals surface area contributed by atoms with Crippen LogP contribution in [-0.2, 0) is 9.47 Å². The Balaban J connectivity index is 1.68. The Morgan fingerprint density at radius 2 is 1.40 bits per heavy atom. The lowest BCUT2D eigenvalue weighted by Gasteiger charge is -2.67. The highest BCUT2D eigenvalue weighted by Crippen LogP contribution is 2.71. The van der Waals surface area contributed by atoms with Gasteiger partial charge in [0.05, 0.1) is 5.60 Å². The minimum atomic E-state index is -0.419. The summed E-state index contributed by atoms with van der Waals surface area (Å²) in [6, 6.07) is 0. The van der Waals surface area contributed by atoms with Crippen molar-refractivity contribution in [3.8, 4) is 0 Å². The molecule has 0 unspecified atom stereocenters. The zero-order chi connectivity index (χ0) is 18.1. The normalized spacial score (nSPS) is 54.5. The third kappa shape index (κ3) is 2.15. The second-order valence-corrected chi connectivity index (χ2v) is 10.6. The van der Waals surface area contributed by atoms with E-state index in [-0.39, 0.29) is 16.2 Å². The smallest absolute Gasteiger partial charge is 0.168 e. The van der Waals surface area contributed by atoms with Crippen molar-refractivity contribution < 1.29 is 14.6 Å². The number of ether oxygens (including phenoxy) is 2. The van der Waals surface area contributed by atoms with Gasteiger partial charge in [-0.1, -0.05) is 20.8 Å².